The summed E-state index contributed by atoms with van der Waals surface area (Å²) in [5, 5.41) is 4.12. The maximum Gasteiger partial charge on any atom is 0.240 e. The van der Waals surface area contributed by atoms with Gasteiger partial charge in [0.15, 0.2) is 0 Å². The Bertz CT molecular complexity index is 562. The highest BCUT2D eigenvalue weighted by Gasteiger charge is 2.11. The average molecular weight is 281 g/mol. The zero-order valence-electron chi connectivity index (χ0n) is 9.87. The lowest BCUT2D eigenvalue weighted by atomic mass is 10.2. The van der Waals surface area contributed by atoms with Crippen LogP contribution in [0.1, 0.15) is 12.0 Å². The Kier molecular flexibility index (Phi) is 4.52. The molecule has 5 heteroatoms. The number of aryl methyl sites for hydroxylation is 1. The van der Waals surface area contributed by atoms with Crippen LogP contribution in [0.3, 0.4) is 0 Å². The summed E-state index contributed by atoms with van der Waals surface area (Å²) in [6.07, 6.45) is 1.71. The minimum atomic E-state index is -3.35. The van der Waals surface area contributed by atoms with Gasteiger partial charge in [-0.3, -0.25) is 0 Å². The molecule has 0 saturated heterocycles. The molecule has 1 N–H and O–H groups in total. The molecule has 0 saturated carbocycles. The van der Waals surface area contributed by atoms with Crippen LogP contribution < -0.4 is 4.72 Å². The number of rotatable bonds is 6. The Hall–Kier alpha value is -1.17. The Morgan fingerprint density at radius 2 is 1.89 bits per heavy atom. The normalized spacial score (nSPS) is 11.6. The largest absolute Gasteiger partial charge is 0.240 e. The van der Waals surface area contributed by atoms with Crippen LogP contribution in [-0.4, -0.2) is 15.0 Å². The van der Waals surface area contributed by atoms with Crippen LogP contribution in [0, 0.1) is 0 Å². The molecule has 3 nitrogen and oxygen atoms in total. The zero-order valence-corrected chi connectivity index (χ0v) is 11.5. The predicted octanol–water partition coefficient (Wildman–Crippen LogP) is 2.66. The van der Waals surface area contributed by atoms with Gasteiger partial charge in [-0.1, -0.05) is 18.2 Å². The topological polar surface area (TPSA) is 46.2 Å². The third kappa shape index (κ3) is 3.66. The SMILES string of the molecule is O=S(=O)(NCCCc1ccsc1)c1ccccc1. The molecule has 18 heavy (non-hydrogen) atoms. The average Bonchev–Trinajstić information content (AvgIpc) is 2.89. The summed E-state index contributed by atoms with van der Waals surface area (Å²) in [5.41, 5.74) is 1.26. The van der Waals surface area contributed by atoms with E-state index in [0.717, 1.165) is 12.8 Å². The molecule has 0 atom stereocenters. The second kappa shape index (κ2) is 6.13. The fraction of sp³-hybridized carbons (Fsp3) is 0.231. The Morgan fingerprint density at radius 3 is 2.56 bits per heavy atom. The standard InChI is InChI=1S/C13H15NO2S2/c15-18(16,13-6-2-1-3-7-13)14-9-4-5-12-8-10-17-11-12/h1-3,6-8,10-11,14H,4-5,9H2. The quantitative estimate of drug-likeness (QED) is 0.827. The molecule has 0 unspecified atom stereocenters. The van der Waals surface area contributed by atoms with Gasteiger partial charge in [-0.05, 0) is 47.4 Å². The van der Waals surface area contributed by atoms with Gasteiger partial charge in [0.05, 0.1) is 4.90 Å². The Labute approximate surface area is 112 Å². The van der Waals surface area contributed by atoms with Crippen molar-refractivity contribution < 1.29 is 8.42 Å². The lowest BCUT2D eigenvalue weighted by Gasteiger charge is -2.05. The number of hydrogen-bond donors (Lipinski definition) is 1. The van der Waals surface area contributed by atoms with Crippen molar-refractivity contribution in [3.05, 3.63) is 52.7 Å². The van der Waals surface area contributed by atoms with E-state index in [4.69, 9.17) is 0 Å². The van der Waals surface area contributed by atoms with E-state index in [1.807, 2.05) is 5.38 Å². The molecule has 1 aromatic heterocycles. The highest BCUT2D eigenvalue weighted by atomic mass is 32.2. The molecular formula is C13H15NO2S2. The first-order valence-corrected chi connectivity index (χ1v) is 8.17. The van der Waals surface area contributed by atoms with Crippen molar-refractivity contribution in [2.75, 3.05) is 6.54 Å². The van der Waals surface area contributed by atoms with E-state index in [-0.39, 0.29) is 0 Å². The predicted molar refractivity (Wildman–Crippen MR) is 74.3 cm³/mol. The second-order valence-corrected chi connectivity index (χ2v) is 6.49. The molecule has 0 spiro atoms. The van der Waals surface area contributed by atoms with Gasteiger partial charge in [0.25, 0.3) is 0 Å². The van der Waals surface area contributed by atoms with Gasteiger partial charge in [0.1, 0.15) is 0 Å². The third-order valence-corrected chi connectivity index (χ3v) is 4.78. The van der Waals surface area contributed by atoms with Crippen LogP contribution in [0.5, 0.6) is 0 Å². The van der Waals surface area contributed by atoms with E-state index in [2.05, 4.69) is 16.2 Å². The van der Waals surface area contributed by atoms with Crippen LogP contribution in [-0.2, 0) is 16.4 Å². The van der Waals surface area contributed by atoms with Crippen LogP contribution in [0.15, 0.2) is 52.1 Å². The highest BCUT2D eigenvalue weighted by molar-refractivity contribution is 7.89. The van der Waals surface area contributed by atoms with E-state index in [9.17, 15) is 8.42 Å². The van der Waals surface area contributed by atoms with Crippen molar-refractivity contribution >= 4 is 21.4 Å². The zero-order chi connectivity index (χ0) is 12.8. The number of sulfonamides is 1. The fourth-order valence-electron chi connectivity index (χ4n) is 1.62. The van der Waals surface area contributed by atoms with Gasteiger partial charge in [0.2, 0.25) is 10.0 Å². The van der Waals surface area contributed by atoms with Crippen molar-refractivity contribution in [1.82, 2.24) is 4.72 Å². The van der Waals surface area contributed by atoms with Gasteiger partial charge in [-0.15, -0.1) is 0 Å². The summed E-state index contributed by atoms with van der Waals surface area (Å²) >= 11 is 1.66. The molecule has 1 heterocycles. The van der Waals surface area contributed by atoms with Crippen LogP contribution in [0.2, 0.25) is 0 Å². The van der Waals surface area contributed by atoms with Crippen molar-refractivity contribution in [1.29, 1.82) is 0 Å². The molecule has 0 aliphatic rings. The summed E-state index contributed by atoms with van der Waals surface area (Å²) in [4.78, 5) is 0.320. The molecule has 0 aliphatic heterocycles. The second-order valence-electron chi connectivity index (χ2n) is 3.95. The molecule has 0 amide bonds. The first-order chi connectivity index (χ1) is 8.68. The van der Waals surface area contributed by atoms with Gasteiger partial charge < -0.3 is 0 Å². The van der Waals surface area contributed by atoms with Gasteiger partial charge in [-0.25, -0.2) is 13.1 Å². The molecule has 2 rings (SSSR count). The molecule has 0 fully saturated rings. The molecule has 2 aromatic rings. The number of hydrogen-bond acceptors (Lipinski definition) is 3. The van der Waals surface area contributed by atoms with E-state index in [1.54, 1.807) is 41.7 Å². The van der Waals surface area contributed by atoms with E-state index < -0.39 is 10.0 Å². The fourth-order valence-corrected chi connectivity index (χ4v) is 3.42. The minimum absolute atomic E-state index is 0.320. The Balaban J connectivity index is 1.83. The van der Waals surface area contributed by atoms with Crippen molar-refractivity contribution in [2.45, 2.75) is 17.7 Å². The first kappa shape index (κ1) is 13.3. The maximum absolute atomic E-state index is 11.9. The third-order valence-electron chi connectivity index (χ3n) is 2.57. The van der Waals surface area contributed by atoms with Gasteiger partial charge >= 0.3 is 0 Å². The smallest absolute Gasteiger partial charge is 0.211 e. The van der Waals surface area contributed by atoms with E-state index in [0.29, 0.717) is 11.4 Å². The molecule has 0 bridgehead atoms. The van der Waals surface area contributed by atoms with Crippen LogP contribution in [0.4, 0.5) is 0 Å². The van der Waals surface area contributed by atoms with E-state index >= 15 is 0 Å². The maximum atomic E-state index is 11.9. The number of thiophene rings is 1. The Morgan fingerprint density at radius 1 is 1.11 bits per heavy atom. The molecular weight excluding hydrogens is 266 g/mol. The summed E-state index contributed by atoms with van der Waals surface area (Å²) in [6.45, 7) is 0.465. The summed E-state index contributed by atoms with van der Waals surface area (Å²) in [5.74, 6) is 0. The van der Waals surface area contributed by atoms with Crippen molar-refractivity contribution in [3.8, 4) is 0 Å². The van der Waals surface area contributed by atoms with Gasteiger partial charge in [0, 0.05) is 6.54 Å². The number of benzene rings is 1. The highest BCUT2D eigenvalue weighted by Crippen LogP contribution is 2.09. The lowest BCUT2D eigenvalue weighted by Crippen LogP contribution is -2.25. The molecule has 96 valence electrons. The van der Waals surface area contributed by atoms with E-state index in [1.165, 1.54) is 5.56 Å². The summed E-state index contributed by atoms with van der Waals surface area (Å²) < 4.78 is 26.4. The molecule has 1 aromatic carbocycles. The first-order valence-electron chi connectivity index (χ1n) is 5.74. The van der Waals surface area contributed by atoms with Gasteiger partial charge in [-0.2, -0.15) is 11.3 Å². The monoisotopic (exact) mass is 281 g/mol. The van der Waals surface area contributed by atoms with Crippen molar-refractivity contribution in [2.24, 2.45) is 0 Å². The minimum Gasteiger partial charge on any atom is -0.211 e. The summed E-state index contributed by atoms with van der Waals surface area (Å²) in [7, 11) is -3.35. The summed E-state index contributed by atoms with van der Waals surface area (Å²) in [6, 6.07) is 10.5. The lowest BCUT2D eigenvalue weighted by molar-refractivity contribution is 0.579. The van der Waals surface area contributed by atoms with Crippen LogP contribution >= 0.6 is 11.3 Å². The van der Waals surface area contributed by atoms with Crippen LogP contribution in [0.25, 0.3) is 0 Å². The number of nitrogens with one attached hydrogen (secondary N) is 1. The molecule has 0 aliphatic carbocycles. The van der Waals surface area contributed by atoms with Crippen molar-refractivity contribution in [3.63, 3.8) is 0 Å². The molecule has 0 radical (unpaired) electrons.